The molecule has 1 aliphatic carbocycles. The molecule has 0 spiro atoms. The summed E-state index contributed by atoms with van der Waals surface area (Å²) in [5.74, 6) is 1.58. The maximum Gasteiger partial charge on any atom is 0.262 e. The fraction of sp³-hybridized carbons (Fsp3) is 0.476. The van der Waals surface area contributed by atoms with Crippen molar-refractivity contribution >= 4 is 12.0 Å². The Morgan fingerprint density at radius 3 is 2.70 bits per heavy atom. The highest BCUT2D eigenvalue weighted by Gasteiger charge is 2.24. The molecule has 1 fully saturated rings. The van der Waals surface area contributed by atoms with E-state index in [1.165, 1.54) is 6.42 Å². The van der Waals surface area contributed by atoms with Crippen molar-refractivity contribution in [1.29, 1.82) is 5.26 Å². The average molecular weight is 366 g/mol. The van der Waals surface area contributed by atoms with E-state index >= 15 is 0 Å². The lowest BCUT2D eigenvalue weighted by atomic mass is 9.86. The van der Waals surface area contributed by atoms with Crippen molar-refractivity contribution in [2.75, 3.05) is 0 Å². The van der Waals surface area contributed by atoms with Crippen molar-refractivity contribution in [3.63, 3.8) is 0 Å². The monoisotopic (exact) mass is 366 g/mol. The fourth-order valence-corrected chi connectivity index (χ4v) is 3.83. The molecule has 27 heavy (non-hydrogen) atoms. The van der Waals surface area contributed by atoms with Gasteiger partial charge < -0.3 is 9.84 Å². The predicted molar refractivity (Wildman–Crippen MR) is 103 cm³/mol. The topological polar surface area (TPSA) is 83.9 Å². The van der Waals surface area contributed by atoms with Crippen LogP contribution in [0.2, 0.25) is 0 Å². The summed E-state index contributed by atoms with van der Waals surface area (Å²) < 4.78 is 7.13. The summed E-state index contributed by atoms with van der Waals surface area (Å²) in [6.07, 6.45) is 6.09. The zero-order valence-corrected chi connectivity index (χ0v) is 16.4. The number of nitriles is 1. The van der Waals surface area contributed by atoms with Crippen LogP contribution in [0.1, 0.15) is 55.3 Å². The van der Waals surface area contributed by atoms with Gasteiger partial charge in [0.1, 0.15) is 17.4 Å². The minimum absolute atomic E-state index is 0.129. The van der Waals surface area contributed by atoms with E-state index in [0.717, 1.165) is 42.0 Å². The second-order valence-electron chi connectivity index (χ2n) is 7.47. The normalized spacial score (nSPS) is 20.3. The van der Waals surface area contributed by atoms with Crippen LogP contribution in [0.3, 0.4) is 0 Å². The molecule has 2 aromatic heterocycles. The minimum atomic E-state index is -0.293. The maximum atomic E-state index is 12.6. The van der Waals surface area contributed by atoms with Gasteiger partial charge in [-0.3, -0.25) is 9.36 Å². The number of hydrogen-bond donors (Lipinski definition) is 1. The Balaban J connectivity index is 1.85. The first kappa shape index (κ1) is 19.0. The van der Waals surface area contributed by atoms with Crippen LogP contribution in [0.15, 0.2) is 22.2 Å². The van der Waals surface area contributed by atoms with Crippen molar-refractivity contribution in [1.82, 2.24) is 15.0 Å². The summed E-state index contributed by atoms with van der Waals surface area (Å²) >= 11 is 0. The van der Waals surface area contributed by atoms with Gasteiger partial charge in [0.15, 0.2) is 5.82 Å². The maximum absolute atomic E-state index is 12.6. The molecular formula is C21H26N4O2. The molecule has 142 valence electrons. The number of nitrogens with zero attached hydrogens (tertiary/aromatic N) is 3. The average Bonchev–Trinajstić information content (AvgIpc) is 3.17. The molecule has 0 unspecified atom stereocenters. The Morgan fingerprint density at radius 2 is 2.07 bits per heavy atom. The van der Waals surface area contributed by atoms with Gasteiger partial charge in [0.05, 0.1) is 0 Å². The van der Waals surface area contributed by atoms with Crippen molar-refractivity contribution in [2.24, 2.45) is 5.92 Å². The van der Waals surface area contributed by atoms with Gasteiger partial charge >= 0.3 is 0 Å². The number of carbonyl (C=O) groups is 1. The second-order valence-corrected chi connectivity index (χ2v) is 7.47. The molecule has 1 aliphatic rings. The van der Waals surface area contributed by atoms with Crippen LogP contribution < -0.4 is 5.32 Å². The Bertz CT molecular complexity index is 913. The highest BCUT2D eigenvalue weighted by molar-refractivity contribution is 6.02. The van der Waals surface area contributed by atoms with E-state index in [4.69, 9.17) is 4.52 Å². The summed E-state index contributed by atoms with van der Waals surface area (Å²) in [4.78, 5) is 12.6. The number of aromatic nitrogens is 2. The van der Waals surface area contributed by atoms with E-state index < -0.39 is 0 Å². The number of nitrogens with one attached hydrogen (secondary N) is 1. The largest absolute Gasteiger partial charge is 0.360 e. The lowest BCUT2D eigenvalue weighted by Gasteiger charge is -2.29. The lowest BCUT2D eigenvalue weighted by molar-refractivity contribution is -0.118. The van der Waals surface area contributed by atoms with E-state index in [1.807, 2.05) is 37.5 Å². The van der Waals surface area contributed by atoms with Gasteiger partial charge in [-0.05, 0) is 57.2 Å². The summed E-state index contributed by atoms with van der Waals surface area (Å²) in [7, 11) is 0. The summed E-state index contributed by atoms with van der Waals surface area (Å²) in [5, 5.41) is 16.6. The molecule has 1 amide bonds. The van der Waals surface area contributed by atoms with Gasteiger partial charge in [-0.1, -0.05) is 24.9 Å². The molecule has 1 saturated carbocycles. The third-order valence-electron chi connectivity index (χ3n) is 5.41. The molecule has 2 heterocycles. The van der Waals surface area contributed by atoms with Gasteiger partial charge in [0, 0.05) is 23.5 Å². The van der Waals surface area contributed by atoms with Gasteiger partial charge in [-0.2, -0.15) is 5.26 Å². The second kappa shape index (κ2) is 7.83. The number of amides is 1. The van der Waals surface area contributed by atoms with Gasteiger partial charge in [0.25, 0.3) is 5.91 Å². The van der Waals surface area contributed by atoms with Crippen LogP contribution in [0.4, 0.5) is 0 Å². The smallest absolute Gasteiger partial charge is 0.262 e. The highest BCUT2D eigenvalue weighted by Crippen LogP contribution is 2.25. The van der Waals surface area contributed by atoms with E-state index in [0.29, 0.717) is 11.7 Å². The lowest BCUT2D eigenvalue weighted by Crippen LogP contribution is -2.41. The molecule has 0 aromatic carbocycles. The highest BCUT2D eigenvalue weighted by atomic mass is 16.5. The summed E-state index contributed by atoms with van der Waals surface area (Å²) in [5.41, 5.74) is 2.83. The van der Waals surface area contributed by atoms with Crippen LogP contribution in [-0.4, -0.2) is 21.7 Å². The van der Waals surface area contributed by atoms with Crippen molar-refractivity contribution < 1.29 is 9.32 Å². The number of carbonyl (C=O) groups excluding carboxylic acids is 1. The van der Waals surface area contributed by atoms with E-state index in [2.05, 4.69) is 23.5 Å². The Labute approximate surface area is 159 Å². The quantitative estimate of drug-likeness (QED) is 0.655. The standard InChI is InChI=1S/C21H26N4O2/c1-13-7-5-6-8-19(13)23-21(26)18(12-22)11-17-9-14(2)25(16(17)4)20-10-15(3)27-24-20/h9-11,13,19H,5-8H2,1-4H3,(H,23,26)/b18-11+/t13-,19+/m0/s1. The minimum Gasteiger partial charge on any atom is -0.360 e. The van der Waals surface area contributed by atoms with Gasteiger partial charge in [-0.25, -0.2) is 0 Å². The van der Waals surface area contributed by atoms with E-state index in [-0.39, 0.29) is 17.5 Å². The molecule has 3 rings (SSSR count). The molecule has 0 saturated heterocycles. The third-order valence-corrected chi connectivity index (χ3v) is 5.41. The fourth-order valence-electron chi connectivity index (χ4n) is 3.83. The van der Waals surface area contributed by atoms with E-state index in [9.17, 15) is 10.1 Å². The Hall–Kier alpha value is -2.81. The molecular weight excluding hydrogens is 340 g/mol. The van der Waals surface area contributed by atoms with E-state index in [1.54, 1.807) is 6.08 Å². The molecule has 2 aromatic rings. The molecule has 6 heteroatoms. The molecule has 6 nitrogen and oxygen atoms in total. The molecule has 0 aliphatic heterocycles. The zero-order valence-electron chi connectivity index (χ0n) is 16.4. The Kier molecular flexibility index (Phi) is 5.50. The van der Waals surface area contributed by atoms with Crippen LogP contribution in [0.25, 0.3) is 11.9 Å². The SMILES string of the molecule is Cc1cc(-n2c(C)cc(/C=C(\C#N)C(=O)N[C@@H]3CCCC[C@@H]3C)c2C)no1. The van der Waals surface area contributed by atoms with Crippen molar-refractivity contribution in [2.45, 2.75) is 59.4 Å². The zero-order chi connectivity index (χ0) is 19.6. The molecule has 2 atom stereocenters. The van der Waals surface area contributed by atoms with Crippen molar-refractivity contribution in [3.8, 4) is 11.9 Å². The van der Waals surface area contributed by atoms with Crippen molar-refractivity contribution in [3.05, 3.63) is 40.4 Å². The first-order valence-electron chi connectivity index (χ1n) is 9.46. The predicted octanol–water partition coefficient (Wildman–Crippen LogP) is 3.99. The third kappa shape index (κ3) is 3.97. The first-order valence-corrected chi connectivity index (χ1v) is 9.46. The number of aryl methyl sites for hydroxylation is 2. The number of rotatable bonds is 4. The van der Waals surface area contributed by atoms with Gasteiger partial charge in [-0.15, -0.1) is 0 Å². The van der Waals surface area contributed by atoms with Gasteiger partial charge in [0.2, 0.25) is 0 Å². The van der Waals surface area contributed by atoms with Crippen LogP contribution in [0, 0.1) is 38.0 Å². The molecule has 0 bridgehead atoms. The molecule has 1 N–H and O–H groups in total. The first-order chi connectivity index (χ1) is 12.9. The van der Waals surface area contributed by atoms with Crippen LogP contribution in [-0.2, 0) is 4.79 Å². The Morgan fingerprint density at radius 1 is 1.33 bits per heavy atom. The number of hydrogen-bond acceptors (Lipinski definition) is 4. The van der Waals surface area contributed by atoms with Crippen LogP contribution in [0.5, 0.6) is 0 Å². The summed E-state index contributed by atoms with van der Waals surface area (Å²) in [6.45, 7) is 7.91. The molecule has 0 radical (unpaired) electrons. The van der Waals surface area contributed by atoms with Crippen LogP contribution >= 0.6 is 0 Å². The summed E-state index contributed by atoms with van der Waals surface area (Å²) in [6, 6.07) is 6.02.